The molecule has 4 rings (SSSR count). The number of pyridine rings is 1. The van der Waals surface area contributed by atoms with Gasteiger partial charge in [-0.25, -0.2) is 15.0 Å². The van der Waals surface area contributed by atoms with E-state index in [1.54, 1.807) is 0 Å². The molecule has 0 radical (unpaired) electrons. The van der Waals surface area contributed by atoms with Gasteiger partial charge in [-0.1, -0.05) is 0 Å². The number of hydrogen-bond acceptors (Lipinski definition) is 6. The summed E-state index contributed by atoms with van der Waals surface area (Å²) in [6.07, 6.45) is 5.70. The fourth-order valence-corrected chi connectivity index (χ4v) is 3.34. The number of hydrogen-bond donors (Lipinski definition) is 1. The van der Waals surface area contributed by atoms with Crippen LogP contribution in [-0.4, -0.2) is 51.7 Å². The van der Waals surface area contributed by atoms with Gasteiger partial charge >= 0.3 is 0 Å². The lowest BCUT2D eigenvalue weighted by atomic mass is 10.2. The number of aryl methyl sites for hydroxylation is 1. The summed E-state index contributed by atoms with van der Waals surface area (Å²) in [5, 5.41) is 3.32. The summed E-state index contributed by atoms with van der Waals surface area (Å²) < 4.78 is 7.57. The van der Waals surface area contributed by atoms with E-state index in [1.807, 2.05) is 31.6 Å². The van der Waals surface area contributed by atoms with Crippen molar-refractivity contribution >= 4 is 17.3 Å². The summed E-state index contributed by atoms with van der Waals surface area (Å²) >= 11 is 0. The van der Waals surface area contributed by atoms with E-state index in [-0.39, 0.29) is 0 Å². The highest BCUT2D eigenvalue weighted by molar-refractivity contribution is 5.73. The molecule has 0 amide bonds. The minimum atomic E-state index is 0.355. The Labute approximate surface area is 153 Å². The van der Waals surface area contributed by atoms with Crippen molar-refractivity contribution in [2.45, 2.75) is 26.8 Å². The molecule has 7 heteroatoms. The second kappa shape index (κ2) is 6.92. The first-order chi connectivity index (χ1) is 12.6. The van der Waals surface area contributed by atoms with Crippen LogP contribution in [0.5, 0.6) is 0 Å². The first-order valence-corrected chi connectivity index (χ1v) is 9.03. The topological polar surface area (TPSA) is 67.6 Å². The first kappa shape index (κ1) is 16.8. The van der Waals surface area contributed by atoms with Crippen molar-refractivity contribution in [1.82, 2.24) is 19.4 Å². The summed E-state index contributed by atoms with van der Waals surface area (Å²) in [4.78, 5) is 16.2. The Morgan fingerprint density at radius 1 is 1.15 bits per heavy atom. The predicted octanol–water partition coefficient (Wildman–Crippen LogP) is 2.76. The molecule has 1 aliphatic rings. The van der Waals surface area contributed by atoms with Gasteiger partial charge in [-0.15, -0.1) is 0 Å². The maximum atomic E-state index is 5.46. The van der Waals surface area contributed by atoms with Crippen LogP contribution in [0.15, 0.2) is 30.7 Å². The molecule has 7 nitrogen and oxygen atoms in total. The fraction of sp³-hybridized carbons (Fsp3) is 0.421. The number of ether oxygens (including phenoxy) is 1. The highest BCUT2D eigenvalue weighted by Crippen LogP contribution is 2.28. The van der Waals surface area contributed by atoms with E-state index in [1.165, 1.54) is 0 Å². The Hall–Kier alpha value is -2.67. The second-order valence-electron chi connectivity index (χ2n) is 6.82. The summed E-state index contributed by atoms with van der Waals surface area (Å²) in [6, 6.07) is 4.45. The van der Waals surface area contributed by atoms with Crippen molar-refractivity contribution in [3.05, 3.63) is 36.4 Å². The zero-order valence-corrected chi connectivity index (χ0v) is 15.4. The number of morpholine rings is 1. The van der Waals surface area contributed by atoms with Crippen molar-refractivity contribution in [1.29, 1.82) is 0 Å². The van der Waals surface area contributed by atoms with Crippen LogP contribution in [-0.2, 0) is 4.74 Å². The van der Waals surface area contributed by atoms with Crippen LogP contribution in [0.3, 0.4) is 0 Å². The standard InChI is InChI=1S/C19H24N6O/c1-13(2)22-16-5-4-15(12-21-16)17-14(3)23-19-18(20-6-7-25(17)19)24-8-10-26-11-9-24/h4-7,12-13H,8-11H2,1-3H3,(H,21,22). The van der Waals surface area contributed by atoms with Gasteiger partial charge in [0.25, 0.3) is 0 Å². The van der Waals surface area contributed by atoms with Crippen molar-refractivity contribution in [3.63, 3.8) is 0 Å². The number of nitrogens with one attached hydrogen (secondary N) is 1. The van der Waals surface area contributed by atoms with Crippen molar-refractivity contribution in [2.24, 2.45) is 0 Å². The van der Waals surface area contributed by atoms with E-state index in [0.29, 0.717) is 6.04 Å². The Morgan fingerprint density at radius 3 is 2.65 bits per heavy atom. The summed E-state index contributed by atoms with van der Waals surface area (Å²) in [5.41, 5.74) is 3.95. The summed E-state index contributed by atoms with van der Waals surface area (Å²) in [6.45, 7) is 9.36. The Balaban J connectivity index is 1.75. The molecule has 0 saturated carbocycles. The molecule has 136 valence electrons. The first-order valence-electron chi connectivity index (χ1n) is 9.03. The zero-order chi connectivity index (χ0) is 18.1. The lowest BCUT2D eigenvalue weighted by Crippen LogP contribution is -2.37. The van der Waals surface area contributed by atoms with Crippen LogP contribution < -0.4 is 10.2 Å². The van der Waals surface area contributed by atoms with E-state index in [9.17, 15) is 0 Å². The molecule has 1 N–H and O–H groups in total. The van der Waals surface area contributed by atoms with Gasteiger partial charge in [-0.05, 0) is 32.9 Å². The Morgan fingerprint density at radius 2 is 1.96 bits per heavy atom. The van der Waals surface area contributed by atoms with Gasteiger partial charge in [0.05, 0.1) is 24.6 Å². The molecule has 1 fully saturated rings. The monoisotopic (exact) mass is 352 g/mol. The van der Waals surface area contributed by atoms with Gasteiger partial charge in [-0.3, -0.25) is 4.40 Å². The highest BCUT2D eigenvalue weighted by Gasteiger charge is 2.20. The smallest absolute Gasteiger partial charge is 0.181 e. The van der Waals surface area contributed by atoms with Crippen LogP contribution in [0.25, 0.3) is 16.9 Å². The molecule has 26 heavy (non-hydrogen) atoms. The molecule has 3 aromatic rings. The SMILES string of the molecule is Cc1nc2c(N3CCOCC3)nccn2c1-c1ccc(NC(C)C)nc1. The third-order valence-electron chi connectivity index (χ3n) is 4.48. The maximum absolute atomic E-state index is 5.46. The lowest BCUT2D eigenvalue weighted by Gasteiger charge is -2.27. The Kier molecular flexibility index (Phi) is 4.46. The largest absolute Gasteiger partial charge is 0.378 e. The molecular formula is C19H24N6O. The van der Waals surface area contributed by atoms with Gasteiger partial charge in [0.2, 0.25) is 0 Å². The van der Waals surface area contributed by atoms with E-state index in [4.69, 9.17) is 9.72 Å². The molecule has 0 aliphatic carbocycles. The van der Waals surface area contributed by atoms with Gasteiger partial charge in [0.1, 0.15) is 5.82 Å². The van der Waals surface area contributed by atoms with Crippen LogP contribution in [0.4, 0.5) is 11.6 Å². The van der Waals surface area contributed by atoms with Crippen molar-refractivity contribution in [3.8, 4) is 11.3 Å². The number of anilines is 2. The number of nitrogens with zero attached hydrogens (tertiary/aromatic N) is 5. The molecule has 0 aromatic carbocycles. The minimum absolute atomic E-state index is 0.355. The molecule has 0 atom stereocenters. The predicted molar refractivity (Wildman–Crippen MR) is 103 cm³/mol. The maximum Gasteiger partial charge on any atom is 0.181 e. The van der Waals surface area contributed by atoms with Gasteiger partial charge in [0.15, 0.2) is 11.5 Å². The molecule has 3 aromatic heterocycles. The van der Waals surface area contributed by atoms with Crippen LogP contribution >= 0.6 is 0 Å². The molecule has 4 heterocycles. The second-order valence-corrected chi connectivity index (χ2v) is 6.82. The molecule has 0 spiro atoms. The average molecular weight is 352 g/mol. The summed E-state index contributed by atoms with van der Waals surface area (Å²) in [7, 11) is 0. The minimum Gasteiger partial charge on any atom is -0.378 e. The van der Waals surface area contributed by atoms with Crippen LogP contribution in [0, 0.1) is 6.92 Å². The van der Waals surface area contributed by atoms with Gasteiger partial charge in [-0.2, -0.15) is 0 Å². The normalized spacial score (nSPS) is 15.0. The molecule has 1 aliphatic heterocycles. The average Bonchev–Trinajstić information content (AvgIpc) is 2.98. The highest BCUT2D eigenvalue weighted by atomic mass is 16.5. The van der Waals surface area contributed by atoms with Crippen molar-refractivity contribution < 1.29 is 4.74 Å². The van der Waals surface area contributed by atoms with Gasteiger partial charge < -0.3 is 15.0 Å². The van der Waals surface area contributed by atoms with Crippen molar-refractivity contribution in [2.75, 3.05) is 36.5 Å². The molecule has 0 unspecified atom stereocenters. The van der Waals surface area contributed by atoms with Gasteiger partial charge in [0, 0.05) is 43.3 Å². The molecule has 0 bridgehead atoms. The third kappa shape index (κ3) is 3.10. The van der Waals surface area contributed by atoms with E-state index >= 15 is 0 Å². The molecule has 1 saturated heterocycles. The van der Waals surface area contributed by atoms with E-state index < -0.39 is 0 Å². The Bertz CT molecular complexity index is 896. The zero-order valence-electron chi connectivity index (χ0n) is 15.4. The molecular weight excluding hydrogens is 328 g/mol. The van der Waals surface area contributed by atoms with E-state index in [2.05, 4.69) is 44.5 Å². The number of imidazole rings is 1. The number of aromatic nitrogens is 4. The third-order valence-corrected chi connectivity index (χ3v) is 4.48. The fourth-order valence-electron chi connectivity index (χ4n) is 3.34. The van der Waals surface area contributed by atoms with E-state index in [0.717, 1.165) is 60.5 Å². The number of fused-ring (bicyclic) bond motifs is 1. The lowest BCUT2D eigenvalue weighted by molar-refractivity contribution is 0.122. The quantitative estimate of drug-likeness (QED) is 0.779. The van der Waals surface area contributed by atoms with Crippen LogP contribution in [0.2, 0.25) is 0 Å². The van der Waals surface area contributed by atoms with Crippen LogP contribution in [0.1, 0.15) is 19.5 Å². The number of rotatable bonds is 4. The summed E-state index contributed by atoms with van der Waals surface area (Å²) in [5.74, 6) is 1.79.